The van der Waals surface area contributed by atoms with Gasteiger partial charge in [0.05, 0.1) is 19.9 Å². The summed E-state index contributed by atoms with van der Waals surface area (Å²) in [5, 5.41) is 4.86. The highest BCUT2D eigenvalue weighted by Gasteiger charge is 2.33. The number of esters is 1. The fourth-order valence-corrected chi connectivity index (χ4v) is 3.82. The largest absolute Gasteiger partial charge is 0.497 e. The standard InChI is InChI=1S/C21H18N2O5S/c1-26-13-7-8-14(18(10-13)27-2)16-11-29-21(22-16)23-19(24)15-9-12-5-3-4-6-17(12)28-20(15)25/h3-12,17H,1-2H3,(H,22,23,24)/t12-,17-/m0/s1. The van der Waals surface area contributed by atoms with E-state index in [1.807, 2.05) is 24.3 Å². The summed E-state index contributed by atoms with van der Waals surface area (Å²) in [6.45, 7) is 0. The van der Waals surface area contributed by atoms with Crippen LogP contribution in [-0.4, -0.2) is 37.2 Å². The van der Waals surface area contributed by atoms with E-state index in [0.29, 0.717) is 22.3 Å². The van der Waals surface area contributed by atoms with E-state index in [2.05, 4.69) is 10.3 Å². The number of benzene rings is 1. The molecule has 1 aliphatic heterocycles. The Morgan fingerprint density at radius 3 is 2.83 bits per heavy atom. The van der Waals surface area contributed by atoms with E-state index in [1.165, 1.54) is 11.3 Å². The Labute approximate surface area is 171 Å². The zero-order chi connectivity index (χ0) is 20.4. The normalized spacial score (nSPS) is 19.8. The highest BCUT2D eigenvalue weighted by Crippen LogP contribution is 2.35. The van der Waals surface area contributed by atoms with Crippen LogP contribution in [0.4, 0.5) is 5.13 Å². The number of hydrogen-bond acceptors (Lipinski definition) is 7. The van der Waals surface area contributed by atoms with Crippen molar-refractivity contribution in [3.05, 3.63) is 59.5 Å². The van der Waals surface area contributed by atoms with Crippen LogP contribution in [0.15, 0.2) is 59.5 Å². The van der Waals surface area contributed by atoms with E-state index in [4.69, 9.17) is 14.2 Å². The van der Waals surface area contributed by atoms with Crippen LogP contribution in [0.5, 0.6) is 11.5 Å². The Kier molecular flexibility index (Phi) is 5.18. The van der Waals surface area contributed by atoms with Crippen molar-refractivity contribution in [3.63, 3.8) is 0 Å². The van der Waals surface area contributed by atoms with Crippen LogP contribution >= 0.6 is 11.3 Å². The van der Waals surface area contributed by atoms with Crippen molar-refractivity contribution < 1.29 is 23.8 Å². The number of nitrogens with one attached hydrogen (secondary N) is 1. The summed E-state index contributed by atoms with van der Waals surface area (Å²) >= 11 is 1.26. The van der Waals surface area contributed by atoms with Gasteiger partial charge >= 0.3 is 5.97 Å². The number of nitrogens with zero attached hydrogens (tertiary/aromatic N) is 1. The van der Waals surface area contributed by atoms with Crippen molar-refractivity contribution in [2.45, 2.75) is 6.10 Å². The molecule has 1 N–H and O–H groups in total. The molecule has 2 heterocycles. The van der Waals surface area contributed by atoms with E-state index >= 15 is 0 Å². The number of carbonyl (C=O) groups is 2. The average molecular weight is 410 g/mol. The van der Waals surface area contributed by atoms with Crippen LogP contribution in [0.25, 0.3) is 11.3 Å². The monoisotopic (exact) mass is 410 g/mol. The number of carbonyl (C=O) groups excluding carboxylic acids is 2. The molecule has 1 aromatic carbocycles. The second-order valence-electron chi connectivity index (χ2n) is 6.36. The number of methoxy groups -OCH3 is 2. The molecule has 1 aromatic heterocycles. The zero-order valence-corrected chi connectivity index (χ0v) is 16.6. The zero-order valence-electron chi connectivity index (χ0n) is 15.7. The van der Waals surface area contributed by atoms with E-state index in [1.54, 1.807) is 43.9 Å². The van der Waals surface area contributed by atoms with Gasteiger partial charge in [-0.3, -0.25) is 10.1 Å². The van der Waals surface area contributed by atoms with E-state index in [9.17, 15) is 9.59 Å². The number of rotatable bonds is 5. The van der Waals surface area contributed by atoms with Gasteiger partial charge in [-0.15, -0.1) is 11.3 Å². The summed E-state index contributed by atoms with van der Waals surface area (Å²) in [5.74, 6) is -0.0542. The highest BCUT2D eigenvalue weighted by molar-refractivity contribution is 7.14. The predicted molar refractivity (Wildman–Crippen MR) is 109 cm³/mol. The first-order valence-electron chi connectivity index (χ1n) is 8.86. The molecule has 0 bridgehead atoms. The fraction of sp³-hybridized carbons (Fsp3) is 0.190. The van der Waals surface area contributed by atoms with Crippen LogP contribution in [0.1, 0.15) is 0 Å². The minimum atomic E-state index is -0.641. The molecule has 0 saturated heterocycles. The molecule has 2 aliphatic rings. The van der Waals surface area contributed by atoms with Gasteiger partial charge in [-0.25, -0.2) is 9.78 Å². The second kappa shape index (κ2) is 7.92. The summed E-state index contributed by atoms with van der Waals surface area (Å²) in [6.07, 6.45) is 8.63. The molecule has 0 fully saturated rings. The van der Waals surface area contributed by atoms with Gasteiger partial charge in [0.25, 0.3) is 5.91 Å². The Balaban J connectivity index is 1.53. The Morgan fingerprint density at radius 2 is 2.03 bits per heavy atom. The van der Waals surface area contributed by atoms with Crippen molar-refractivity contribution in [1.82, 2.24) is 4.98 Å². The number of anilines is 1. The molecule has 2 aromatic rings. The van der Waals surface area contributed by atoms with Gasteiger partial charge in [0.1, 0.15) is 23.2 Å². The second-order valence-corrected chi connectivity index (χ2v) is 7.21. The van der Waals surface area contributed by atoms with Gasteiger partial charge in [0.2, 0.25) is 0 Å². The van der Waals surface area contributed by atoms with Crippen molar-refractivity contribution in [2.75, 3.05) is 19.5 Å². The summed E-state index contributed by atoms with van der Waals surface area (Å²) < 4.78 is 16.0. The maximum Gasteiger partial charge on any atom is 0.344 e. The third kappa shape index (κ3) is 3.79. The number of ether oxygens (including phenoxy) is 3. The molecular weight excluding hydrogens is 392 g/mol. The van der Waals surface area contributed by atoms with E-state index in [0.717, 1.165) is 5.56 Å². The van der Waals surface area contributed by atoms with E-state index < -0.39 is 11.9 Å². The van der Waals surface area contributed by atoms with Gasteiger partial charge in [-0.2, -0.15) is 0 Å². The quantitative estimate of drug-likeness (QED) is 0.601. The Hall–Kier alpha value is -3.39. The van der Waals surface area contributed by atoms with E-state index in [-0.39, 0.29) is 17.6 Å². The topological polar surface area (TPSA) is 86.8 Å². The summed E-state index contributed by atoms with van der Waals surface area (Å²) in [5.41, 5.74) is 1.39. The van der Waals surface area contributed by atoms with Crippen molar-refractivity contribution in [3.8, 4) is 22.8 Å². The smallest absolute Gasteiger partial charge is 0.344 e. The predicted octanol–water partition coefficient (Wildman–Crippen LogP) is 3.36. The molecule has 148 valence electrons. The molecule has 8 heteroatoms. The molecule has 7 nitrogen and oxygen atoms in total. The summed E-state index contributed by atoms with van der Waals surface area (Å²) in [7, 11) is 3.15. The van der Waals surface area contributed by atoms with Crippen molar-refractivity contribution >= 4 is 28.3 Å². The SMILES string of the molecule is COc1ccc(-c2csc(NC(=O)C3=C[C@@H]4C=CC=C[C@@H]4OC3=O)n2)c(OC)c1. The molecule has 1 aliphatic carbocycles. The van der Waals surface area contributed by atoms with Crippen LogP contribution in [0, 0.1) is 5.92 Å². The van der Waals surface area contributed by atoms with Crippen LogP contribution in [0.3, 0.4) is 0 Å². The molecule has 2 atom stereocenters. The lowest BCUT2D eigenvalue weighted by Gasteiger charge is -2.26. The molecule has 0 radical (unpaired) electrons. The number of thiazole rings is 1. The maximum atomic E-state index is 12.6. The van der Waals surface area contributed by atoms with Gasteiger partial charge in [0.15, 0.2) is 5.13 Å². The fourth-order valence-electron chi connectivity index (χ4n) is 3.12. The molecule has 29 heavy (non-hydrogen) atoms. The minimum Gasteiger partial charge on any atom is -0.497 e. The summed E-state index contributed by atoms with van der Waals surface area (Å²) in [4.78, 5) is 29.3. The number of allylic oxidation sites excluding steroid dienone is 2. The van der Waals surface area contributed by atoms with Crippen LogP contribution in [-0.2, 0) is 14.3 Å². The third-order valence-electron chi connectivity index (χ3n) is 4.60. The lowest BCUT2D eigenvalue weighted by molar-refractivity contribution is -0.145. The average Bonchev–Trinajstić information content (AvgIpc) is 3.20. The van der Waals surface area contributed by atoms with Gasteiger partial charge in [-0.05, 0) is 18.2 Å². The molecule has 4 rings (SSSR count). The Morgan fingerprint density at radius 1 is 1.21 bits per heavy atom. The lowest BCUT2D eigenvalue weighted by Crippen LogP contribution is -2.34. The molecule has 0 unspecified atom stereocenters. The lowest BCUT2D eigenvalue weighted by atomic mass is 9.92. The molecule has 0 saturated carbocycles. The Bertz CT molecular complexity index is 1050. The van der Waals surface area contributed by atoms with Gasteiger partial charge in [0, 0.05) is 22.9 Å². The molecular formula is C21H18N2O5S. The molecule has 1 amide bonds. The van der Waals surface area contributed by atoms with Crippen LogP contribution in [0.2, 0.25) is 0 Å². The number of fused-ring (bicyclic) bond motifs is 1. The number of hydrogen-bond donors (Lipinski definition) is 1. The first-order chi connectivity index (χ1) is 14.1. The van der Waals surface area contributed by atoms with Crippen molar-refractivity contribution in [2.24, 2.45) is 5.92 Å². The third-order valence-corrected chi connectivity index (χ3v) is 5.36. The minimum absolute atomic E-state index is 0.0232. The van der Waals surface area contributed by atoms with Gasteiger partial charge < -0.3 is 14.2 Å². The number of amides is 1. The number of aromatic nitrogens is 1. The summed E-state index contributed by atoms with van der Waals surface area (Å²) in [6, 6.07) is 5.40. The first-order valence-corrected chi connectivity index (χ1v) is 9.74. The first kappa shape index (κ1) is 18.9. The van der Waals surface area contributed by atoms with Crippen LogP contribution < -0.4 is 14.8 Å². The highest BCUT2D eigenvalue weighted by atomic mass is 32.1. The maximum absolute atomic E-state index is 12.6. The molecule has 0 spiro atoms. The van der Waals surface area contributed by atoms with Gasteiger partial charge in [-0.1, -0.05) is 24.3 Å². The van der Waals surface area contributed by atoms with Crippen molar-refractivity contribution in [1.29, 1.82) is 0 Å².